The third-order valence-electron chi connectivity index (χ3n) is 4.66. The highest BCUT2D eigenvalue weighted by molar-refractivity contribution is 7.93. The molecule has 0 unspecified atom stereocenters. The van der Waals surface area contributed by atoms with E-state index in [2.05, 4.69) is 19.2 Å². The van der Waals surface area contributed by atoms with E-state index in [0.29, 0.717) is 19.3 Å². The topological polar surface area (TPSA) is 63.2 Å². The first-order valence-corrected chi connectivity index (χ1v) is 9.30. The number of sulfone groups is 1. The van der Waals surface area contributed by atoms with Crippen molar-refractivity contribution in [3.63, 3.8) is 0 Å². The molecule has 1 saturated carbocycles. The maximum Gasteiger partial charge on any atom is 0.241 e. The molecule has 5 heteroatoms. The van der Waals surface area contributed by atoms with Crippen LogP contribution in [0.4, 0.5) is 0 Å². The Balaban J connectivity index is 2.98. The zero-order chi connectivity index (χ0) is 15.4. The van der Waals surface area contributed by atoms with Crippen molar-refractivity contribution in [2.45, 2.75) is 70.5 Å². The van der Waals surface area contributed by atoms with Crippen LogP contribution >= 0.6 is 0 Å². The van der Waals surface area contributed by atoms with Crippen molar-refractivity contribution in [3.8, 4) is 0 Å². The molecule has 1 amide bonds. The Morgan fingerprint density at radius 3 is 2.10 bits per heavy atom. The van der Waals surface area contributed by atoms with Crippen molar-refractivity contribution in [1.82, 2.24) is 5.32 Å². The van der Waals surface area contributed by atoms with E-state index in [1.165, 1.54) is 7.05 Å². The lowest BCUT2D eigenvalue weighted by molar-refractivity contribution is -0.124. The van der Waals surface area contributed by atoms with Gasteiger partial charge in [-0.15, -0.1) is 0 Å². The molecule has 20 heavy (non-hydrogen) atoms. The monoisotopic (exact) mass is 303 g/mol. The van der Waals surface area contributed by atoms with Gasteiger partial charge in [0.1, 0.15) is 0 Å². The first kappa shape index (κ1) is 17.5. The number of unbranched alkanes of at least 4 members (excludes halogenated alkanes) is 2. The lowest BCUT2D eigenvalue weighted by Crippen LogP contribution is -2.55. The quantitative estimate of drug-likeness (QED) is 0.767. The van der Waals surface area contributed by atoms with Gasteiger partial charge in [0.05, 0.1) is 5.75 Å². The van der Waals surface area contributed by atoms with Crippen molar-refractivity contribution in [2.24, 2.45) is 5.41 Å². The van der Waals surface area contributed by atoms with E-state index in [9.17, 15) is 13.2 Å². The van der Waals surface area contributed by atoms with Gasteiger partial charge < -0.3 is 5.32 Å². The second-order valence-corrected chi connectivity index (χ2v) is 9.18. The Morgan fingerprint density at radius 1 is 1.10 bits per heavy atom. The van der Waals surface area contributed by atoms with Crippen molar-refractivity contribution >= 4 is 15.7 Å². The summed E-state index contributed by atoms with van der Waals surface area (Å²) in [5, 5.41) is 2.58. The fourth-order valence-electron chi connectivity index (χ4n) is 2.98. The summed E-state index contributed by atoms with van der Waals surface area (Å²) >= 11 is 0. The molecule has 0 bridgehead atoms. The van der Waals surface area contributed by atoms with Gasteiger partial charge in [0.25, 0.3) is 0 Å². The van der Waals surface area contributed by atoms with Crippen molar-refractivity contribution in [2.75, 3.05) is 12.8 Å². The summed E-state index contributed by atoms with van der Waals surface area (Å²) in [5.74, 6) is -0.182. The molecule has 0 aromatic carbocycles. The van der Waals surface area contributed by atoms with Gasteiger partial charge in [0, 0.05) is 7.05 Å². The zero-order valence-corrected chi connectivity index (χ0v) is 14.1. The second-order valence-electron chi connectivity index (χ2n) is 6.76. The number of rotatable bonds is 6. The average molecular weight is 303 g/mol. The smallest absolute Gasteiger partial charge is 0.241 e. The van der Waals surface area contributed by atoms with Crippen molar-refractivity contribution < 1.29 is 13.2 Å². The molecule has 0 aliphatic heterocycles. The van der Waals surface area contributed by atoms with Crippen LogP contribution in [0.15, 0.2) is 0 Å². The molecule has 0 radical (unpaired) electrons. The molecule has 1 aliphatic rings. The predicted octanol–water partition coefficient (Wildman–Crippen LogP) is 2.68. The number of hydrogen-bond acceptors (Lipinski definition) is 3. The van der Waals surface area contributed by atoms with Gasteiger partial charge in [-0.05, 0) is 37.5 Å². The van der Waals surface area contributed by atoms with Gasteiger partial charge >= 0.3 is 0 Å². The SMILES string of the molecule is CCCCCS(=O)(=O)C1(C(=O)NC)CCC(C)(C)CC1. The third kappa shape index (κ3) is 3.54. The van der Waals surface area contributed by atoms with E-state index in [1.807, 2.05) is 6.92 Å². The number of carbonyl (C=O) groups excluding carboxylic acids is 1. The average Bonchev–Trinajstić information content (AvgIpc) is 2.38. The lowest BCUT2D eigenvalue weighted by atomic mass is 9.72. The zero-order valence-electron chi connectivity index (χ0n) is 13.3. The Bertz CT molecular complexity index is 430. The fourth-order valence-corrected chi connectivity index (χ4v) is 5.16. The van der Waals surface area contributed by atoms with E-state index in [0.717, 1.165) is 25.7 Å². The molecule has 0 saturated heterocycles. The Kier molecular flexibility index (Phi) is 5.64. The minimum atomic E-state index is -3.39. The van der Waals surface area contributed by atoms with Crippen LogP contribution in [0.2, 0.25) is 0 Å². The largest absolute Gasteiger partial charge is 0.358 e. The van der Waals surface area contributed by atoms with Gasteiger partial charge in [-0.2, -0.15) is 0 Å². The highest BCUT2D eigenvalue weighted by Gasteiger charge is 2.52. The van der Waals surface area contributed by atoms with Gasteiger partial charge in [0.15, 0.2) is 14.6 Å². The summed E-state index contributed by atoms with van der Waals surface area (Å²) in [4.78, 5) is 12.3. The molecular weight excluding hydrogens is 274 g/mol. The van der Waals surface area contributed by atoms with E-state index in [4.69, 9.17) is 0 Å². The lowest BCUT2D eigenvalue weighted by Gasteiger charge is -2.41. The Labute approximate surface area is 123 Å². The molecule has 1 rings (SSSR count). The second kappa shape index (κ2) is 6.46. The molecule has 1 fully saturated rings. The van der Waals surface area contributed by atoms with E-state index >= 15 is 0 Å². The minimum Gasteiger partial charge on any atom is -0.358 e. The van der Waals surface area contributed by atoms with Gasteiger partial charge in [0.2, 0.25) is 5.91 Å². The molecule has 1 N–H and O–H groups in total. The first-order chi connectivity index (χ1) is 9.21. The Morgan fingerprint density at radius 2 is 1.65 bits per heavy atom. The molecule has 0 aromatic rings. The molecule has 4 nitrogen and oxygen atoms in total. The standard InChI is InChI=1S/C15H29NO3S/c1-5-6-7-12-20(18,19)15(13(17)16-4)10-8-14(2,3)9-11-15/h5-12H2,1-4H3,(H,16,17). The van der Waals surface area contributed by atoms with E-state index in [1.54, 1.807) is 0 Å². The fraction of sp³-hybridized carbons (Fsp3) is 0.933. The van der Waals surface area contributed by atoms with Gasteiger partial charge in [-0.25, -0.2) is 8.42 Å². The summed E-state index contributed by atoms with van der Waals surface area (Å²) < 4.78 is 24.3. The van der Waals surface area contributed by atoms with Crippen LogP contribution in [0, 0.1) is 5.41 Å². The molecule has 0 aromatic heterocycles. The maximum atomic E-state index is 12.7. The molecule has 118 valence electrons. The van der Waals surface area contributed by atoms with Crippen LogP contribution in [0.25, 0.3) is 0 Å². The number of carbonyl (C=O) groups is 1. The van der Waals surface area contributed by atoms with Crippen LogP contribution in [0.1, 0.15) is 65.7 Å². The highest BCUT2D eigenvalue weighted by Crippen LogP contribution is 2.44. The summed E-state index contributed by atoms with van der Waals surface area (Å²) in [5.41, 5.74) is 0.135. The van der Waals surface area contributed by atoms with Crippen LogP contribution in [0.3, 0.4) is 0 Å². The summed E-state index contributed by atoms with van der Waals surface area (Å²) in [6.07, 6.45) is 5.01. The predicted molar refractivity (Wildman–Crippen MR) is 82.4 cm³/mol. The summed E-state index contributed by atoms with van der Waals surface area (Å²) in [6.45, 7) is 6.33. The molecular formula is C15H29NO3S. The minimum absolute atomic E-state index is 0.134. The Hall–Kier alpha value is -0.580. The number of amides is 1. The van der Waals surface area contributed by atoms with E-state index in [-0.39, 0.29) is 17.1 Å². The van der Waals surface area contributed by atoms with Gasteiger partial charge in [-0.1, -0.05) is 33.6 Å². The highest BCUT2D eigenvalue weighted by atomic mass is 32.2. The van der Waals surface area contributed by atoms with Crippen molar-refractivity contribution in [3.05, 3.63) is 0 Å². The first-order valence-electron chi connectivity index (χ1n) is 7.65. The number of nitrogens with one attached hydrogen (secondary N) is 1. The number of hydrogen-bond donors (Lipinski definition) is 1. The summed E-state index contributed by atoms with van der Waals surface area (Å²) in [6, 6.07) is 0. The van der Waals surface area contributed by atoms with Crippen LogP contribution in [-0.2, 0) is 14.6 Å². The third-order valence-corrected chi connectivity index (χ3v) is 7.27. The van der Waals surface area contributed by atoms with Crippen LogP contribution in [0.5, 0.6) is 0 Å². The van der Waals surface area contributed by atoms with E-state index < -0.39 is 14.6 Å². The van der Waals surface area contributed by atoms with Crippen LogP contribution in [-0.4, -0.2) is 31.9 Å². The van der Waals surface area contributed by atoms with Crippen LogP contribution < -0.4 is 5.32 Å². The maximum absolute atomic E-state index is 12.7. The molecule has 1 aliphatic carbocycles. The molecule has 0 atom stereocenters. The normalized spacial score (nSPS) is 21.4. The summed E-state index contributed by atoms with van der Waals surface area (Å²) in [7, 11) is -1.86. The van der Waals surface area contributed by atoms with Gasteiger partial charge in [-0.3, -0.25) is 4.79 Å². The van der Waals surface area contributed by atoms with Crippen molar-refractivity contribution in [1.29, 1.82) is 0 Å². The molecule has 0 spiro atoms. The molecule has 0 heterocycles.